The van der Waals surface area contributed by atoms with E-state index in [0.717, 1.165) is 35.8 Å². The Balaban J connectivity index is 1.71. The minimum absolute atomic E-state index is 0.253. The summed E-state index contributed by atoms with van der Waals surface area (Å²) in [5.41, 5.74) is 1.90. The molecular formula is C17H23NO. The molecule has 3 unspecified atom stereocenters. The second-order valence-corrected chi connectivity index (χ2v) is 6.43. The number of nitrogens with zero attached hydrogens (tertiary/aromatic N) is 1. The molecule has 0 saturated heterocycles. The van der Waals surface area contributed by atoms with E-state index in [4.69, 9.17) is 0 Å². The van der Waals surface area contributed by atoms with Crippen LogP contribution in [0.5, 0.6) is 0 Å². The van der Waals surface area contributed by atoms with E-state index in [1.807, 2.05) is 19.2 Å². The lowest BCUT2D eigenvalue weighted by atomic mass is 9.66. The summed E-state index contributed by atoms with van der Waals surface area (Å²) in [4.78, 5) is 16.7. The molecule has 2 aliphatic carbocycles. The van der Waals surface area contributed by atoms with Gasteiger partial charge in [0, 0.05) is 23.9 Å². The fourth-order valence-electron chi connectivity index (χ4n) is 4.04. The number of pyridine rings is 1. The Bertz CT molecular complexity index is 468. The predicted molar refractivity (Wildman–Crippen MR) is 76.1 cm³/mol. The molecule has 0 amide bonds. The Morgan fingerprint density at radius 2 is 1.89 bits per heavy atom. The summed E-state index contributed by atoms with van der Waals surface area (Å²) in [6, 6.07) is 1.99. The summed E-state index contributed by atoms with van der Waals surface area (Å²) in [7, 11) is 0. The third-order valence-corrected chi connectivity index (χ3v) is 5.07. The van der Waals surface area contributed by atoms with Crippen LogP contribution in [0.3, 0.4) is 0 Å². The number of ketones is 1. The Morgan fingerprint density at radius 1 is 1.11 bits per heavy atom. The van der Waals surface area contributed by atoms with Gasteiger partial charge in [0.2, 0.25) is 0 Å². The van der Waals surface area contributed by atoms with Crippen LogP contribution < -0.4 is 0 Å². The number of hydrogen-bond donors (Lipinski definition) is 0. The lowest BCUT2D eigenvalue weighted by molar-refractivity contribution is 0.0763. The fourth-order valence-corrected chi connectivity index (χ4v) is 4.04. The topological polar surface area (TPSA) is 30.0 Å². The molecule has 102 valence electrons. The number of fused-ring (bicyclic) bond motifs is 1. The lowest BCUT2D eigenvalue weighted by Crippen LogP contribution is -2.31. The van der Waals surface area contributed by atoms with E-state index in [1.165, 1.54) is 32.1 Å². The third kappa shape index (κ3) is 2.72. The van der Waals surface area contributed by atoms with Gasteiger partial charge in [-0.05, 0) is 49.7 Å². The molecule has 2 saturated carbocycles. The van der Waals surface area contributed by atoms with Crippen molar-refractivity contribution in [2.75, 3.05) is 0 Å². The van der Waals surface area contributed by atoms with Gasteiger partial charge in [0.05, 0.1) is 0 Å². The second-order valence-electron chi connectivity index (χ2n) is 6.43. The Kier molecular flexibility index (Phi) is 3.67. The van der Waals surface area contributed by atoms with Crippen molar-refractivity contribution in [3.05, 3.63) is 29.6 Å². The van der Waals surface area contributed by atoms with Crippen LogP contribution in [0.25, 0.3) is 0 Å². The van der Waals surface area contributed by atoms with Crippen molar-refractivity contribution in [3.63, 3.8) is 0 Å². The molecule has 2 heteroatoms. The van der Waals surface area contributed by atoms with Crippen LogP contribution >= 0.6 is 0 Å². The average molecular weight is 257 g/mol. The van der Waals surface area contributed by atoms with Gasteiger partial charge in [0.25, 0.3) is 0 Å². The van der Waals surface area contributed by atoms with Gasteiger partial charge in [-0.25, -0.2) is 0 Å². The van der Waals surface area contributed by atoms with Crippen LogP contribution in [0.15, 0.2) is 18.5 Å². The number of carbonyl (C=O) groups excluding carboxylic acids is 1. The minimum Gasteiger partial charge on any atom is -0.294 e. The SMILES string of the molecule is Cc1cncc(C(=O)C2CCC3CCCCC3C2)c1. The van der Waals surface area contributed by atoms with E-state index >= 15 is 0 Å². The molecule has 2 aliphatic rings. The molecule has 3 rings (SSSR count). The first-order chi connectivity index (χ1) is 9.24. The molecule has 1 heterocycles. The number of rotatable bonds is 2. The molecule has 0 aromatic carbocycles. The first kappa shape index (κ1) is 12.8. The van der Waals surface area contributed by atoms with Crippen LogP contribution in [0.4, 0.5) is 0 Å². The zero-order chi connectivity index (χ0) is 13.2. The molecule has 1 aromatic rings. The maximum absolute atomic E-state index is 12.6. The van der Waals surface area contributed by atoms with Crippen molar-refractivity contribution in [2.24, 2.45) is 17.8 Å². The van der Waals surface area contributed by atoms with Crippen LogP contribution in [0, 0.1) is 24.7 Å². The molecule has 3 atom stereocenters. The zero-order valence-corrected chi connectivity index (χ0v) is 11.8. The molecule has 0 radical (unpaired) electrons. The summed E-state index contributed by atoms with van der Waals surface area (Å²) in [6.45, 7) is 2.00. The van der Waals surface area contributed by atoms with Crippen molar-refractivity contribution >= 4 is 5.78 Å². The van der Waals surface area contributed by atoms with Crippen LogP contribution in [-0.4, -0.2) is 10.8 Å². The summed E-state index contributed by atoms with van der Waals surface area (Å²) in [6.07, 6.45) is 12.6. The molecule has 1 aromatic heterocycles. The highest BCUT2D eigenvalue weighted by Crippen LogP contribution is 2.43. The Hall–Kier alpha value is -1.18. The highest BCUT2D eigenvalue weighted by molar-refractivity contribution is 5.97. The van der Waals surface area contributed by atoms with Gasteiger partial charge in [-0.1, -0.05) is 25.7 Å². The largest absolute Gasteiger partial charge is 0.294 e. The van der Waals surface area contributed by atoms with Gasteiger partial charge < -0.3 is 0 Å². The fraction of sp³-hybridized carbons (Fsp3) is 0.647. The van der Waals surface area contributed by atoms with Crippen molar-refractivity contribution in [1.82, 2.24) is 4.98 Å². The number of Topliss-reactive ketones (excluding diaryl/α,β-unsaturated/α-hetero) is 1. The third-order valence-electron chi connectivity index (χ3n) is 5.07. The number of aromatic nitrogens is 1. The van der Waals surface area contributed by atoms with Crippen molar-refractivity contribution in [3.8, 4) is 0 Å². The quantitative estimate of drug-likeness (QED) is 0.744. The summed E-state index contributed by atoms with van der Waals surface area (Å²) in [5.74, 6) is 2.31. The number of carbonyl (C=O) groups is 1. The Labute approximate surface area is 115 Å². The molecular weight excluding hydrogens is 234 g/mol. The van der Waals surface area contributed by atoms with Crippen LogP contribution in [0.1, 0.15) is 60.9 Å². The van der Waals surface area contributed by atoms with Crippen LogP contribution in [-0.2, 0) is 0 Å². The average Bonchev–Trinajstić information content (AvgIpc) is 2.46. The second kappa shape index (κ2) is 5.44. The van der Waals surface area contributed by atoms with E-state index in [2.05, 4.69) is 4.98 Å². The number of hydrogen-bond acceptors (Lipinski definition) is 2. The molecule has 0 N–H and O–H groups in total. The van der Waals surface area contributed by atoms with Gasteiger partial charge in [-0.2, -0.15) is 0 Å². The van der Waals surface area contributed by atoms with E-state index in [1.54, 1.807) is 6.20 Å². The van der Waals surface area contributed by atoms with Gasteiger partial charge >= 0.3 is 0 Å². The standard InChI is InChI=1S/C17H23NO/c1-12-8-16(11-18-10-12)17(19)15-7-6-13-4-2-3-5-14(13)9-15/h8,10-11,13-15H,2-7,9H2,1H3. The van der Waals surface area contributed by atoms with Crippen molar-refractivity contribution < 1.29 is 4.79 Å². The maximum atomic E-state index is 12.6. The van der Waals surface area contributed by atoms with E-state index in [0.29, 0.717) is 5.78 Å². The maximum Gasteiger partial charge on any atom is 0.167 e. The summed E-state index contributed by atoms with van der Waals surface area (Å²) < 4.78 is 0. The highest BCUT2D eigenvalue weighted by Gasteiger charge is 2.35. The molecule has 19 heavy (non-hydrogen) atoms. The van der Waals surface area contributed by atoms with E-state index in [9.17, 15) is 4.79 Å². The van der Waals surface area contributed by atoms with Gasteiger partial charge in [0.15, 0.2) is 5.78 Å². The molecule has 2 nitrogen and oxygen atoms in total. The summed E-state index contributed by atoms with van der Waals surface area (Å²) >= 11 is 0. The molecule has 0 aliphatic heterocycles. The molecule has 0 bridgehead atoms. The van der Waals surface area contributed by atoms with Gasteiger partial charge in [0.1, 0.15) is 0 Å². The van der Waals surface area contributed by atoms with Crippen molar-refractivity contribution in [1.29, 1.82) is 0 Å². The lowest BCUT2D eigenvalue weighted by Gasteiger charge is -2.38. The first-order valence-corrected chi connectivity index (χ1v) is 7.70. The minimum atomic E-state index is 0.253. The monoisotopic (exact) mass is 257 g/mol. The first-order valence-electron chi connectivity index (χ1n) is 7.70. The van der Waals surface area contributed by atoms with Crippen molar-refractivity contribution in [2.45, 2.75) is 51.9 Å². The number of aryl methyl sites for hydroxylation is 1. The normalized spacial score (nSPS) is 30.7. The highest BCUT2D eigenvalue weighted by atomic mass is 16.1. The van der Waals surface area contributed by atoms with Gasteiger partial charge in [-0.15, -0.1) is 0 Å². The van der Waals surface area contributed by atoms with E-state index in [-0.39, 0.29) is 5.92 Å². The zero-order valence-electron chi connectivity index (χ0n) is 11.8. The molecule has 0 spiro atoms. The smallest absolute Gasteiger partial charge is 0.167 e. The van der Waals surface area contributed by atoms with E-state index < -0.39 is 0 Å². The molecule has 2 fully saturated rings. The van der Waals surface area contributed by atoms with Gasteiger partial charge in [-0.3, -0.25) is 9.78 Å². The Morgan fingerprint density at radius 3 is 2.68 bits per heavy atom. The predicted octanol–water partition coefficient (Wildman–Crippen LogP) is 4.18. The van der Waals surface area contributed by atoms with Crippen LogP contribution in [0.2, 0.25) is 0 Å². The summed E-state index contributed by atoms with van der Waals surface area (Å²) in [5, 5.41) is 0.